The number of ether oxygens (including phenoxy) is 1. The molecule has 182 valence electrons. The van der Waals surface area contributed by atoms with Crippen molar-refractivity contribution in [3.63, 3.8) is 0 Å². The van der Waals surface area contributed by atoms with E-state index in [-0.39, 0.29) is 18.1 Å². The average Bonchev–Trinajstić information content (AvgIpc) is 3.23. The molecule has 1 fully saturated rings. The van der Waals surface area contributed by atoms with Crippen molar-refractivity contribution in [2.45, 2.75) is 51.8 Å². The molecule has 0 aliphatic carbocycles. The summed E-state index contributed by atoms with van der Waals surface area (Å²) < 4.78 is 7.35. The van der Waals surface area contributed by atoms with Crippen molar-refractivity contribution < 1.29 is 14.3 Å². The summed E-state index contributed by atoms with van der Waals surface area (Å²) in [6.07, 6.45) is 1.74. The minimum absolute atomic E-state index is 0.163. The van der Waals surface area contributed by atoms with Crippen LogP contribution in [0.5, 0.6) is 0 Å². The Morgan fingerprint density at radius 2 is 2.14 bits per heavy atom. The van der Waals surface area contributed by atoms with Crippen LogP contribution in [-0.2, 0) is 11.3 Å². The van der Waals surface area contributed by atoms with Crippen molar-refractivity contribution in [2.75, 3.05) is 18.0 Å². The maximum atomic E-state index is 13.6. The van der Waals surface area contributed by atoms with E-state index in [1.54, 1.807) is 22.1 Å². The molecule has 2 aromatic heterocycles. The van der Waals surface area contributed by atoms with Crippen molar-refractivity contribution in [3.05, 3.63) is 56.7 Å². The molecule has 0 spiro atoms. The summed E-state index contributed by atoms with van der Waals surface area (Å²) in [4.78, 5) is 44.2. The summed E-state index contributed by atoms with van der Waals surface area (Å²) >= 11 is 1.19. The van der Waals surface area contributed by atoms with Gasteiger partial charge >= 0.3 is 6.09 Å². The number of fused-ring (bicyclic) bond motifs is 1. The van der Waals surface area contributed by atoms with E-state index in [9.17, 15) is 19.6 Å². The van der Waals surface area contributed by atoms with Gasteiger partial charge in [-0.2, -0.15) is 5.26 Å². The van der Waals surface area contributed by atoms with Gasteiger partial charge in [0.1, 0.15) is 15.8 Å². The molecule has 1 amide bonds. The number of benzene rings is 1. The monoisotopic (exact) mass is 493 g/mol. The number of piperidine rings is 1. The second kappa shape index (κ2) is 9.88. The Morgan fingerprint density at radius 1 is 1.37 bits per heavy atom. The Hall–Kier alpha value is -3.71. The second-order valence-electron chi connectivity index (χ2n) is 9.49. The normalized spacial score (nSPS) is 16.1. The predicted octanol–water partition coefficient (Wildman–Crippen LogP) is 3.68. The number of anilines is 1. The zero-order valence-electron chi connectivity index (χ0n) is 19.9. The number of nitrogens with one attached hydrogen (secondary N) is 1. The smallest absolute Gasteiger partial charge is 0.407 e. The van der Waals surface area contributed by atoms with Crippen molar-refractivity contribution in [1.29, 1.82) is 5.26 Å². The molecule has 4 rings (SSSR count). The molecular weight excluding hydrogens is 466 g/mol. The topological polar surface area (TPSA) is 117 Å². The molecule has 35 heavy (non-hydrogen) atoms. The summed E-state index contributed by atoms with van der Waals surface area (Å²) in [6.45, 7) is 6.64. The van der Waals surface area contributed by atoms with Gasteiger partial charge in [-0.05, 0) is 45.2 Å². The van der Waals surface area contributed by atoms with Crippen molar-refractivity contribution in [2.24, 2.45) is 0 Å². The summed E-state index contributed by atoms with van der Waals surface area (Å²) in [5, 5.41) is 14.1. The maximum absolute atomic E-state index is 13.6. The first-order valence-electron chi connectivity index (χ1n) is 11.4. The Labute approximate surface area is 206 Å². The lowest BCUT2D eigenvalue weighted by Crippen LogP contribution is -2.50. The van der Waals surface area contributed by atoms with E-state index in [0.717, 1.165) is 12.8 Å². The highest BCUT2D eigenvalue weighted by Gasteiger charge is 2.28. The van der Waals surface area contributed by atoms with Crippen molar-refractivity contribution in [3.8, 4) is 6.07 Å². The summed E-state index contributed by atoms with van der Waals surface area (Å²) in [7, 11) is 0. The number of aldehydes is 1. The summed E-state index contributed by atoms with van der Waals surface area (Å²) in [5.74, 6) is 0.410. The highest BCUT2D eigenvalue weighted by atomic mass is 32.1. The van der Waals surface area contributed by atoms with Gasteiger partial charge in [-0.1, -0.05) is 18.2 Å². The standard InChI is InChI=1S/C25H27N5O4S/c1-25(2,3)34-24(33)27-19-9-6-10-29(13-19)23-28-20-18(14-31)15-35-21(20)22(32)30(23)12-17-8-5-4-7-16(17)11-26/h4-5,7-8,14-15,19H,6,9-10,12-13H2,1-3H3,(H,27,33)/t19-/m1/s1. The van der Waals surface area contributed by atoms with Gasteiger partial charge in [-0.15, -0.1) is 11.3 Å². The molecule has 1 N–H and O–H groups in total. The first-order chi connectivity index (χ1) is 16.7. The van der Waals surface area contributed by atoms with Crippen LogP contribution in [0.4, 0.5) is 10.7 Å². The van der Waals surface area contributed by atoms with Crippen LogP contribution in [0, 0.1) is 11.3 Å². The van der Waals surface area contributed by atoms with Gasteiger partial charge in [0.15, 0.2) is 6.29 Å². The SMILES string of the molecule is CC(C)(C)OC(=O)N[C@@H]1CCCN(c2nc3c(C=O)csc3c(=O)n2Cc2ccccc2C#N)C1. The van der Waals surface area contributed by atoms with Crippen LogP contribution in [-0.4, -0.2) is 46.7 Å². The first kappa shape index (κ1) is 24.4. The van der Waals surface area contributed by atoms with Crippen LogP contribution in [0.15, 0.2) is 34.4 Å². The lowest BCUT2D eigenvalue weighted by molar-refractivity contribution is 0.0499. The highest BCUT2D eigenvalue weighted by molar-refractivity contribution is 7.17. The number of carbonyl (C=O) groups is 2. The number of rotatable bonds is 5. The maximum Gasteiger partial charge on any atom is 0.407 e. The van der Waals surface area contributed by atoms with Gasteiger partial charge < -0.3 is 15.0 Å². The molecule has 0 radical (unpaired) electrons. The van der Waals surface area contributed by atoms with Crippen LogP contribution >= 0.6 is 11.3 Å². The number of nitrogens with zero attached hydrogens (tertiary/aromatic N) is 4. The zero-order valence-corrected chi connectivity index (χ0v) is 20.7. The van der Waals surface area contributed by atoms with Gasteiger partial charge in [0.05, 0.1) is 23.7 Å². The molecule has 1 saturated heterocycles. The van der Waals surface area contributed by atoms with Gasteiger partial charge in [-0.25, -0.2) is 9.78 Å². The molecule has 1 aliphatic rings. The third kappa shape index (κ3) is 5.35. The summed E-state index contributed by atoms with van der Waals surface area (Å²) in [6, 6.07) is 9.11. The Kier molecular flexibility index (Phi) is 6.89. The lowest BCUT2D eigenvalue weighted by Gasteiger charge is -2.35. The third-order valence-corrected chi connectivity index (χ3v) is 6.68. The van der Waals surface area contributed by atoms with E-state index in [1.165, 1.54) is 11.3 Å². The summed E-state index contributed by atoms with van der Waals surface area (Å²) in [5.41, 5.74) is 1.05. The second-order valence-corrected chi connectivity index (χ2v) is 10.4. The van der Waals surface area contributed by atoms with Crippen molar-refractivity contribution >= 4 is 39.9 Å². The first-order valence-corrected chi connectivity index (χ1v) is 12.3. The van der Waals surface area contributed by atoms with Crippen molar-refractivity contribution in [1.82, 2.24) is 14.9 Å². The van der Waals surface area contributed by atoms with Crippen LogP contribution in [0.3, 0.4) is 0 Å². The molecule has 1 aromatic carbocycles. The quantitative estimate of drug-likeness (QED) is 0.539. The number of amides is 1. The van der Waals surface area contributed by atoms with E-state index >= 15 is 0 Å². The fraction of sp³-hybridized carbons (Fsp3) is 0.400. The molecule has 0 bridgehead atoms. The van der Waals surface area contributed by atoms with Crippen LogP contribution < -0.4 is 15.8 Å². The van der Waals surface area contributed by atoms with E-state index in [4.69, 9.17) is 9.72 Å². The van der Waals surface area contributed by atoms with Crippen LogP contribution in [0.25, 0.3) is 10.2 Å². The van der Waals surface area contributed by atoms with Crippen LogP contribution in [0.1, 0.15) is 55.1 Å². The lowest BCUT2D eigenvalue weighted by atomic mass is 10.1. The van der Waals surface area contributed by atoms with Gasteiger partial charge in [-0.3, -0.25) is 14.2 Å². The predicted molar refractivity (Wildman–Crippen MR) is 134 cm³/mol. The molecule has 3 aromatic rings. The Balaban J connectivity index is 1.73. The number of alkyl carbamates (subject to hydrolysis) is 1. The molecule has 10 heteroatoms. The average molecular weight is 494 g/mol. The van der Waals surface area contributed by atoms with Gasteiger partial charge in [0, 0.05) is 24.5 Å². The minimum atomic E-state index is -0.607. The minimum Gasteiger partial charge on any atom is -0.444 e. The fourth-order valence-corrected chi connectivity index (χ4v) is 5.06. The largest absolute Gasteiger partial charge is 0.444 e. The van der Waals surface area contributed by atoms with Crippen LogP contribution in [0.2, 0.25) is 0 Å². The zero-order chi connectivity index (χ0) is 25.2. The number of thiophene rings is 1. The molecule has 1 aliphatic heterocycles. The number of hydrogen-bond donors (Lipinski definition) is 1. The number of aromatic nitrogens is 2. The fourth-order valence-electron chi connectivity index (χ4n) is 4.16. The highest BCUT2D eigenvalue weighted by Crippen LogP contribution is 2.26. The number of carbonyl (C=O) groups excluding carboxylic acids is 2. The third-order valence-electron chi connectivity index (χ3n) is 5.70. The van der Waals surface area contributed by atoms with E-state index < -0.39 is 11.7 Å². The Bertz CT molecular complexity index is 1360. The number of nitriles is 1. The molecule has 0 saturated carbocycles. The molecule has 9 nitrogen and oxygen atoms in total. The van der Waals surface area contributed by atoms with E-state index in [1.807, 2.05) is 37.8 Å². The van der Waals surface area contributed by atoms with Gasteiger partial charge in [0.2, 0.25) is 5.95 Å². The molecular formula is C25H27N5O4S. The molecule has 1 atom stereocenters. The number of hydrogen-bond acceptors (Lipinski definition) is 8. The molecule has 0 unspecified atom stereocenters. The van der Waals surface area contributed by atoms with E-state index in [2.05, 4.69) is 11.4 Å². The molecule has 3 heterocycles. The van der Waals surface area contributed by atoms with Gasteiger partial charge in [0.25, 0.3) is 5.56 Å². The van der Waals surface area contributed by atoms with E-state index in [0.29, 0.717) is 52.2 Å². The Morgan fingerprint density at radius 3 is 2.86 bits per heavy atom.